The molecule has 0 saturated carbocycles. The SMILES string of the molecule is c1ccc(-c2cc(-c3ccccc3)cc(-n3c4ccccc4c4c5c6ccccc6n(-c6cc(-c7ccccc7)cc(-c7ccccc7)c6)c5ccc43)c2)cc1.c1ccc(-c2ccc(-c3cc(-c4ccccc4)cc(-n4c5ccccc5c5c6c7ccccc7n(-c7ccc(-c8ccccc8)cc7)c6ccc54)c3)cc2)cc1. The first kappa shape index (κ1) is 65.5. The Morgan fingerprint density at radius 1 is 0.107 bits per heavy atom. The van der Waals surface area contributed by atoms with Gasteiger partial charge >= 0.3 is 0 Å². The second-order valence-corrected chi connectivity index (χ2v) is 29.1. The van der Waals surface area contributed by atoms with E-state index in [0.29, 0.717) is 0 Å². The van der Waals surface area contributed by atoms with Gasteiger partial charge in [-0.2, -0.15) is 0 Å². The molecule has 0 saturated heterocycles. The fraction of sp³-hybridized carbons (Fsp3) is 0. The van der Waals surface area contributed by atoms with E-state index >= 15 is 0 Å². The zero-order valence-electron chi connectivity index (χ0n) is 61.4. The van der Waals surface area contributed by atoms with Crippen LogP contribution >= 0.6 is 0 Å². The Bertz CT molecular complexity index is 6950. The maximum absolute atomic E-state index is 2.47. The van der Waals surface area contributed by atoms with Crippen molar-refractivity contribution >= 4 is 87.2 Å². The Hall–Kier alpha value is -14.8. The highest BCUT2D eigenvalue weighted by molar-refractivity contribution is 6.30. The lowest BCUT2D eigenvalue weighted by Crippen LogP contribution is -1.97. The molecule has 0 spiro atoms. The molecular weight excluding hydrogens is 1350 g/mol. The summed E-state index contributed by atoms with van der Waals surface area (Å²) in [5.74, 6) is 0. The third-order valence-corrected chi connectivity index (χ3v) is 22.6. The lowest BCUT2D eigenvalue weighted by Gasteiger charge is -2.15. The maximum atomic E-state index is 2.47. The van der Waals surface area contributed by atoms with E-state index in [0.717, 1.165) is 22.7 Å². The number of hydrogen-bond donors (Lipinski definition) is 0. The molecule has 22 rings (SSSR count). The monoisotopic (exact) mass is 1420 g/mol. The lowest BCUT2D eigenvalue weighted by molar-refractivity contribution is 1.17. The summed E-state index contributed by atoms with van der Waals surface area (Å²) < 4.78 is 9.84. The van der Waals surface area contributed by atoms with Gasteiger partial charge in [0.1, 0.15) is 0 Å². The standard InChI is InChI=1S/2C54H36N2/c1-5-17-37(18-6-1)41-31-42(38-19-7-2-8-20-38)34-45(33-41)55-49-27-15-13-25-47(49)53-51(55)29-30-52-54(53)48-26-14-16-28-50(48)56(52)46-35-43(39-21-9-3-10-22-39)32-44(36-46)40-23-11-4-12-24-40;1-4-14-37(15-5-1)40-24-26-42(27-25-40)44-34-43(39-18-8-3-9-19-39)35-46(36-44)56-50-23-13-11-21-48(50)54-52(56)33-32-51-53(54)47-20-10-12-22-49(47)55(51)45-30-28-41(29-31-45)38-16-6-2-7-17-38/h2*1-36H. The first-order valence-corrected chi connectivity index (χ1v) is 38.5. The van der Waals surface area contributed by atoms with Gasteiger partial charge in [-0.15, -0.1) is 0 Å². The number of hydrogen-bond acceptors (Lipinski definition) is 0. The molecule has 524 valence electrons. The number of nitrogens with zero attached hydrogens (tertiary/aromatic N) is 4. The number of para-hydroxylation sites is 4. The van der Waals surface area contributed by atoms with Gasteiger partial charge in [0.15, 0.2) is 0 Å². The highest BCUT2D eigenvalue weighted by Gasteiger charge is 2.25. The minimum absolute atomic E-state index is 1.14. The molecular formula is C108H72N4. The Balaban J connectivity index is 0.000000141. The zero-order valence-corrected chi connectivity index (χ0v) is 61.4. The topological polar surface area (TPSA) is 19.7 Å². The molecule has 18 aromatic carbocycles. The second-order valence-electron chi connectivity index (χ2n) is 29.1. The van der Waals surface area contributed by atoms with Crippen LogP contribution in [0.25, 0.3) is 199 Å². The van der Waals surface area contributed by atoms with Crippen LogP contribution in [0.15, 0.2) is 437 Å². The Labute approximate surface area is 649 Å². The van der Waals surface area contributed by atoms with Crippen molar-refractivity contribution < 1.29 is 0 Å². The first-order valence-electron chi connectivity index (χ1n) is 38.5. The van der Waals surface area contributed by atoms with Crippen molar-refractivity contribution in [2.45, 2.75) is 0 Å². The molecule has 0 unspecified atom stereocenters. The summed E-state index contributed by atoms with van der Waals surface area (Å²) in [6.45, 7) is 0. The van der Waals surface area contributed by atoms with Crippen LogP contribution in [0, 0.1) is 0 Å². The van der Waals surface area contributed by atoms with E-state index in [-0.39, 0.29) is 0 Å². The number of aromatic nitrogens is 4. The molecule has 0 fully saturated rings. The van der Waals surface area contributed by atoms with Crippen LogP contribution < -0.4 is 0 Å². The first-order chi connectivity index (χ1) is 55.6. The van der Waals surface area contributed by atoms with Crippen LogP contribution in [0.3, 0.4) is 0 Å². The average Bonchev–Trinajstić information content (AvgIpc) is 1.55. The molecule has 0 aliphatic carbocycles. The quantitative estimate of drug-likeness (QED) is 0.116. The minimum atomic E-state index is 1.14. The molecule has 0 bridgehead atoms. The molecule has 0 atom stereocenters. The van der Waals surface area contributed by atoms with Crippen molar-refractivity contribution in [2.24, 2.45) is 0 Å². The van der Waals surface area contributed by atoms with E-state index < -0.39 is 0 Å². The van der Waals surface area contributed by atoms with Gasteiger partial charge in [-0.3, -0.25) is 0 Å². The van der Waals surface area contributed by atoms with Gasteiger partial charge in [0.05, 0.1) is 44.1 Å². The molecule has 4 nitrogen and oxygen atoms in total. The molecule has 0 radical (unpaired) electrons. The predicted octanol–water partition coefficient (Wildman–Crippen LogP) is 29.1. The Kier molecular flexibility index (Phi) is 16.2. The highest BCUT2D eigenvalue weighted by Crippen LogP contribution is 2.47. The summed E-state index contributed by atoms with van der Waals surface area (Å²) in [7, 11) is 0. The van der Waals surface area contributed by atoms with Crippen LogP contribution in [0.4, 0.5) is 0 Å². The van der Waals surface area contributed by atoms with E-state index in [4.69, 9.17) is 0 Å². The minimum Gasteiger partial charge on any atom is -0.309 e. The smallest absolute Gasteiger partial charge is 0.0548 e. The van der Waals surface area contributed by atoms with Crippen LogP contribution in [-0.2, 0) is 0 Å². The summed E-state index contributed by atoms with van der Waals surface area (Å²) in [6.07, 6.45) is 0. The molecule has 22 aromatic rings. The molecule has 112 heavy (non-hydrogen) atoms. The Morgan fingerprint density at radius 3 is 0.509 bits per heavy atom. The highest BCUT2D eigenvalue weighted by atomic mass is 15.0. The van der Waals surface area contributed by atoms with Crippen LogP contribution in [0.5, 0.6) is 0 Å². The van der Waals surface area contributed by atoms with Gasteiger partial charge in [-0.25, -0.2) is 0 Å². The lowest BCUT2D eigenvalue weighted by atomic mass is 9.96. The normalized spacial score (nSPS) is 11.6. The molecule has 4 heteroatoms. The van der Waals surface area contributed by atoms with E-state index in [1.165, 1.54) is 176 Å². The van der Waals surface area contributed by atoms with E-state index in [1.54, 1.807) is 0 Å². The number of rotatable bonds is 12. The van der Waals surface area contributed by atoms with Crippen molar-refractivity contribution in [3.05, 3.63) is 437 Å². The van der Waals surface area contributed by atoms with E-state index in [1.807, 2.05) is 0 Å². The zero-order chi connectivity index (χ0) is 74.0. The van der Waals surface area contributed by atoms with Gasteiger partial charge in [0, 0.05) is 65.8 Å². The fourth-order valence-corrected chi connectivity index (χ4v) is 17.4. The molecule has 0 aliphatic rings. The number of benzene rings is 18. The van der Waals surface area contributed by atoms with Gasteiger partial charge in [-0.05, 0) is 204 Å². The fourth-order valence-electron chi connectivity index (χ4n) is 17.4. The second kappa shape index (κ2) is 27.7. The van der Waals surface area contributed by atoms with E-state index in [2.05, 4.69) is 455 Å². The van der Waals surface area contributed by atoms with Gasteiger partial charge in [0.25, 0.3) is 0 Å². The third-order valence-electron chi connectivity index (χ3n) is 22.6. The largest absolute Gasteiger partial charge is 0.309 e. The summed E-state index contributed by atoms with van der Waals surface area (Å²) in [4.78, 5) is 0. The summed E-state index contributed by atoms with van der Waals surface area (Å²) in [6, 6.07) is 159. The van der Waals surface area contributed by atoms with Crippen molar-refractivity contribution in [2.75, 3.05) is 0 Å². The summed E-state index contributed by atoms with van der Waals surface area (Å²) >= 11 is 0. The molecule has 4 heterocycles. The molecule has 0 aliphatic heterocycles. The maximum Gasteiger partial charge on any atom is 0.0548 e. The predicted molar refractivity (Wildman–Crippen MR) is 474 cm³/mol. The summed E-state index contributed by atoms with van der Waals surface area (Å²) in [5, 5.41) is 10.1. The van der Waals surface area contributed by atoms with Gasteiger partial charge in [-0.1, -0.05) is 322 Å². The van der Waals surface area contributed by atoms with Gasteiger partial charge < -0.3 is 18.3 Å². The van der Waals surface area contributed by atoms with Gasteiger partial charge in [0.2, 0.25) is 0 Å². The van der Waals surface area contributed by atoms with Crippen molar-refractivity contribution in [3.63, 3.8) is 0 Å². The van der Waals surface area contributed by atoms with Crippen LogP contribution in [0.2, 0.25) is 0 Å². The van der Waals surface area contributed by atoms with Crippen molar-refractivity contribution in [1.82, 2.24) is 18.3 Å². The van der Waals surface area contributed by atoms with E-state index in [9.17, 15) is 0 Å². The molecule has 0 N–H and O–H groups in total. The van der Waals surface area contributed by atoms with Crippen molar-refractivity contribution in [3.8, 4) is 112 Å². The average molecular weight is 1430 g/mol. The number of fused-ring (bicyclic) bond motifs is 14. The van der Waals surface area contributed by atoms with Crippen molar-refractivity contribution in [1.29, 1.82) is 0 Å². The molecule has 0 amide bonds. The van der Waals surface area contributed by atoms with Crippen LogP contribution in [-0.4, -0.2) is 18.3 Å². The molecule has 4 aromatic heterocycles. The third kappa shape index (κ3) is 11.5. The van der Waals surface area contributed by atoms with Crippen LogP contribution in [0.1, 0.15) is 0 Å². The Morgan fingerprint density at radius 2 is 0.277 bits per heavy atom. The summed E-state index contributed by atoms with van der Waals surface area (Å²) in [5.41, 5.74) is 33.3.